The molecule has 24 heteroatoms. The number of hydrogen-bond donors (Lipinski definition) is 0. The van der Waals surface area contributed by atoms with Crippen LogP contribution in [-0.2, 0) is 72.2 Å². The van der Waals surface area contributed by atoms with Gasteiger partial charge in [-0.05, 0) is 207 Å². The van der Waals surface area contributed by atoms with Crippen LogP contribution in [0.3, 0.4) is 0 Å². The van der Waals surface area contributed by atoms with E-state index < -0.39 is 20.0 Å². The van der Waals surface area contributed by atoms with Gasteiger partial charge < -0.3 is 28.4 Å². The molecule has 0 spiro atoms. The lowest BCUT2D eigenvalue weighted by Gasteiger charge is -2.29. The molecule has 0 radical (unpaired) electrons. The molecule has 0 N–H and O–H groups in total. The summed E-state index contributed by atoms with van der Waals surface area (Å²) in [7, 11) is 1.29. The van der Waals surface area contributed by atoms with Crippen LogP contribution >= 0.6 is 0 Å². The highest BCUT2D eigenvalue weighted by atomic mass is 32.2. The number of fused-ring (bicyclic) bond motifs is 2. The quantitative estimate of drug-likeness (QED) is 0.0489. The predicted molar refractivity (Wildman–Crippen MR) is 394 cm³/mol. The number of methoxy groups -OCH3 is 6. The molecule has 12 aromatic rings. The zero-order chi connectivity index (χ0) is 72.2. The molecule has 14 rings (SSSR count). The monoisotopic (exact) mass is 1430 g/mol. The number of hydrogen-bond acceptors (Lipinski definition) is 18. The predicted octanol–water partition coefficient (Wildman–Crippen LogP) is 13.3. The van der Waals surface area contributed by atoms with Crippen LogP contribution in [0.5, 0.6) is 34.5 Å². The Bertz CT molecular complexity index is 5030. The second-order valence-electron chi connectivity index (χ2n) is 25.3. The number of rotatable bonds is 26. The summed E-state index contributed by atoms with van der Waals surface area (Å²) in [6.07, 6.45) is 8.86. The topological polar surface area (TPSA) is 243 Å². The van der Waals surface area contributed by atoms with Crippen molar-refractivity contribution in [2.75, 3.05) is 42.7 Å². The molecule has 0 amide bonds. The molecule has 4 heterocycles. The summed E-state index contributed by atoms with van der Waals surface area (Å²) in [5, 5.41) is 26.7. The van der Waals surface area contributed by atoms with Crippen molar-refractivity contribution in [2.45, 2.75) is 99.4 Å². The van der Waals surface area contributed by atoms with Crippen molar-refractivity contribution in [3.05, 3.63) is 286 Å². The van der Waals surface area contributed by atoms with Gasteiger partial charge in [-0.3, -0.25) is 9.97 Å². The maximum Gasteiger partial charge on any atom is 0.244 e. The third-order valence-corrected chi connectivity index (χ3v) is 22.7. The first-order chi connectivity index (χ1) is 50.7. The Kier molecular flexibility index (Phi) is 22.2. The average Bonchev–Trinajstić information content (AvgIpc) is 1.15. The van der Waals surface area contributed by atoms with Crippen molar-refractivity contribution in [1.29, 1.82) is 0 Å². The molecule has 2 unspecified atom stereocenters. The van der Waals surface area contributed by atoms with Crippen LogP contribution in [0.2, 0.25) is 0 Å². The van der Waals surface area contributed by atoms with E-state index in [9.17, 15) is 0 Å². The molecule has 2 aliphatic carbocycles. The van der Waals surface area contributed by atoms with Gasteiger partial charge in [-0.25, -0.2) is 21.5 Å². The van der Waals surface area contributed by atoms with Crippen molar-refractivity contribution in [1.82, 2.24) is 59.0 Å². The van der Waals surface area contributed by atoms with Gasteiger partial charge in [0, 0.05) is 72.9 Å². The Morgan fingerprint density at radius 2 is 0.750 bits per heavy atom. The van der Waals surface area contributed by atoms with Crippen molar-refractivity contribution in [3.63, 3.8) is 0 Å². The van der Waals surface area contributed by atoms with Gasteiger partial charge in [0.15, 0.2) is 5.82 Å². The molecule has 0 saturated carbocycles. The molecule has 2 aliphatic rings. The number of tetrazole rings is 2. The van der Waals surface area contributed by atoms with E-state index in [0.29, 0.717) is 53.0 Å². The molecule has 104 heavy (non-hydrogen) atoms. The second-order valence-corrected chi connectivity index (χ2v) is 29.2. The first-order valence-corrected chi connectivity index (χ1v) is 37.1. The lowest BCUT2D eigenvalue weighted by Crippen LogP contribution is -2.31. The van der Waals surface area contributed by atoms with E-state index in [1.54, 1.807) is 59.5 Å². The number of sulfonamides is 2. The normalized spacial score (nSPS) is 14.2. The van der Waals surface area contributed by atoms with E-state index in [-0.39, 0.29) is 53.6 Å². The SMILES string of the molecule is COc1ccc(CN(Cc2ccc(OC)cc2)S(=O)(=O)c2cccc(C3CCCc4ncccc43)c2-c2nnn(Cc3ccc(OC)cc3)n2)cc1.COc1ccc(CN(Cc2ccc(OC)cc2)S(=O)(=O)c2cccc(C3CCCc4ncccc43)c2-c2nnnn2Cc2ccc(OC)cc2)cc1. The largest absolute Gasteiger partial charge is 0.497 e. The van der Waals surface area contributed by atoms with E-state index in [2.05, 4.69) is 43.0 Å². The van der Waals surface area contributed by atoms with Gasteiger partial charge >= 0.3 is 0 Å². The minimum Gasteiger partial charge on any atom is -0.497 e. The third kappa shape index (κ3) is 16.0. The number of pyridine rings is 2. The number of aromatic nitrogens is 10. The van der Waals surface area contributed by atoms with E-state index in [1.165, 1.54) is 13.4 Å². The molecule has 532 valence electrons. The molecule has 4 aromatic heterocycles. The van der Waals surface area contributed by atoms with E-state index in [1.807, 2.05) is 194 Å². The van der Waals surface area contributed by atoms with Gasteiger partial charge in [0.05, 0.1) is 65.5 Å². The van der Waals surface area contributed by atoms with Crippen LogP contribution in [0, 0.1) is 0 Å². The maximum atomic E-state index is 15.3. The lowest BCUT2D eigenvalue weighted by atomic mass is 9.79. The van der Waals surface area contributed by atoms with Crippen molar-refractivity contribution in [3.8, 4) is 57.3 Å². The van der Waals surface area contributed by atoms with Gasteiger partial charge in [0.2, 0.25) is 25.9 Å². The summed E-state index contributed by atoms with van der Waals surface area (Å²) in [5.74, 6) is 4.64. The van der Waals surface area contributed by atoms with Crippen molar-refractivity contribution < 1.29 is 45.3 Å². The Balaban J connectivity index is 0.000000185. The summed E-state index contributed by atoms with van der Waals surface area (Å²) in [6.45, 7) is 1.15. The van der Waals surface area contributed by atoms with Crippen molar-refractivity contribution >= 4 is 20.0 Å². The fourth-order valence-corrected chi connectivity index (χ4v) is 16.9. The van der Waals surface area contributed by atoms with E-state index >= 15 is 16.8 Å². The van der Waals surface area contributed by atoms with Crippen molar-refractivity contribution in [2.24, 2.45) is 0 Å². The third-order valence-electron chi connectivity index (χ3n) is 19.0. The number of nitrogens with zero attached hydrogens (tertiary/aromatic N) is 12. The van der Waals surface area contributed by atoms with Gasteiger partial charge in [0.1, 0.15) is 34.5 Å². The summed E-state index contributed by atoms with van der Waals surface area (Å²) < 4.78 is 97.8. The highest BCUT2D eigenvalue weighted by molar-refractivity contribution is 7.89. The van der Waals surface area contributed by atoms with Gasteiger partial charge in [0.25, 0.3) is 0 Å². The summed E-state index contributed by atoms with van der Waals surface area (Å²) in [6, 6.07) is 64.0. The molecule has 8 aromatic carbocycles. The zero-order valence-electron chi connectivity index (χ0n) is 58.7. The molecule has 22 nitrogen and oxygen atoms in total. The average molecular weight is 1430 g/mol. The Morgan fingerprint density at radius 1 is 0.394 bits per heavy atom. The second kappa shape index (κ2) is 32.4. The standard InChI is InChI=1S/2C40H40N6O5S/c1-49-31-18-12-28(13-19-31)25-45(26-29-14-20-32(50-2)21-15-29)52(47,48)38-11-5-8-36(34-7-4-10-37-35(34)9-6-24-41-37)39(38)40-42-43-44-46(40)27-30-16-22-33(51-3)23-17-30;1-49-31-18-12-28(13-19-31)25-45(26-29-14-20-32(50-2)21-15-29)52(47,48)38-11-5-8-36(34-7-4-10-37-35(34)9-6-24-41-37)39(38)40-42-44-46(43-40)27-30-16-22-33(51-3)23-17-30/h2*5-6,8-9,11-24,34H,4,7,10,25-27H2,1-3H3. The van der Waals surface area contributed by atoms with Gasteiger partial charge in [-0.2, -0.15) is 13.4 Å². The number of benzene rings is 8. The van der Waals surface area contributed by atoms with Crippen LogP contribution in [0.15, 0.2) is 228 Å². The molecular weight excluding hydrogens is 1350 g/mol. The highest BCUT2D eigenvalue weighted by Gasteiger charge is 2.37. The van der Waals surface area contributed by atoms with Crippen LogP contribution in [0.25, 0.3) is 22.8 Å². The fraction of sp³-hybridized carbons (Fsp3) is 0.250. The molecule has 0 aliphatic heterocycles. The van der Waals surface area contributed by atoms with Gasteiger partial charge in [-0.15, -0.1) is 15.3 Å². The maximum absolute atomic E-state index is 15.3. The first-order valence-electron chi connectivity index (χ1n) is 34.2. The summed E-state index contributed by atoms with van der Waals surface area (Å²) in [5.41, 5.74) is 11.9. The Labute approximate surface area is 605 Å². The van der Waals surface area contributed by atoms with Crippen LogP contribution in [0.4, 0.5) is 0 Å². The Morgan fingerprint density at radius 3 is 1.14 bits per heavy atom. The minimum absolute atomic E-state index is 0.104. The smallest absolute Gasteiger partial charge is 0.244 e. The molecule has 0 fully saturated rings. The van der Waals surface area contributed by atoms with Crippen LogP contribution in [-0.4, -0.2) is 118 Å². The molecule has 0 bridgehead atoms. The Hall–Kier alpha value is -11.2. The first kappa shape index (κ1) is 71.2. The zero-order valence-corrected chi connectivity index (χ0v) is 60.3. The van der Waals surface area contributed by atoms with Gasteiger partial charge in [-0.1, -0.05) is 109 Å². The highest BCUT2D eigenvalue weighted by Crippen LogP contribution is 2.45. The van der Waals surface area contributed by atoms with E-state index in [4.69, 9.17) is 38.5 Å². The molecular formula is C80H80N12O10S2. The molecule has 0 saturated heterocycles. The summed E-state index contributed by atoms with van der Waals surface area (Å²) in [4.78, 5) is 11.1. The fourth-order valence-electron chi connectivity index (χ4n) is 13.6. The lowest BCUT2D eigenvalue weighted by molar-refractivity contribution is 0.397. The number of aryl methyl sites for hydroxylation is 2. The van der Waals surface area contributed by atoms with Crippen LogP contribution in [0.1, 0.15) is 105 Å². The summed E-state index contributed by atoms with van der Waals surface area (Å²) >= 11 is 0. The number of ether oxygens (including phenoxy) is 6. The van der Waals surface area contributed by atoms with E-state index in [0.717, 1.165) is 117 Å². The molecule has 2 atom stereocenters. The van der Waals surface area contributed by atoms with Crippen LogP contribution < -0.4 is 28.4 Å². The minimum atomic E-state index is -4.19.